The van der Waals surface area contributed by atoms with Gasteiger partial charge in [0, 0.05) is 13.1 Å². The minimum Gasteiger partial charge on any atom is -0.480 e. The van der Waals surface area contributed by atoms with Gasteiger partial charge in [0.25, 0.3) is 0 Å². The van der Waals surface area contributed by atoms with Gasteiger partial charge in [0.2, 0.25) is 11.8 Å². The number of hydrogen-bond donors (Lipinski definition) is 7. The topological polar surface area (TPSA) is 201 Å². The largest absolute Gasteiger partial charge is 0.480 e. The second-order valence-corrected chi connectivity index (χ2v) is 9.95. The molecule has 1 aromatic carbocycles. The van der Waals surface area contributed by atoms with Gasteiger partial charge in [-0.3, -0.25) is 9.59 Å². The fourth-order valence-electron chi connectivity index (χ4n) is 3.89. The van der Waals surface area contributed by atoms with Crippen LogP contribution in [0, 0.1) is 5.92 Å². The van der Waals surface area contributed by atoms with Gasteiger partial charge in [-0.2, -0.15) is 0 Å². The van der Waals surface area contributed by atoms with Crippen molar-refractivity contribution in [2.24, 2.45) is 11.7 Å². The van der Waals surface area contributed by atoms with Crippen LogP contribution in [0.1, 0.15) is 64.9 Å². The third-order valence-electron chi connectivity index (χ3n) is 6.17. The Balaban J connectivity index is 2.73. The van der Waals surface area contributed by atoms with E-state index in [0.717, 1.165) is 5.56 Å². The van der Waals surface area contributed by atoms with Crippen LogP contribution in [0.4, 0.5) is 9.59 Å². The van der Waals surface area contributed by atoms with Crippen LogP contribution in [0.3, 0.4) is 0 Å². The third kappa shape index (κ3) is 14.9. The Labute approximate surface area is 241 Å². The number of aliphatic carboxylic acids is 1. The van der Waals surface area contributed by atoms with Crippen LogP contribution < -0.4 is 32.3 Å². The minimum atomic E-state index is -1.19. The normalized spacial score (nSPS) is 12.9. The lowest BCUT2D eigenvalue weighted by molar-refractivity contribution is -0.139. The summed E-state index contributed by atoms with van der Waals surface area (Å²) >= 11 is 0. The van der Waals surface area contributed by atoms with Crippen LogP contribution in [0.2, 0.25) is 0 Å². The highest BCUT2D eigenvalue weighted by Gasteiger charge is 2.29. The summed E-state index contributed by atoms with van der Waals surface area (Å²) in [7, 11) is 0. The Morgan fingerprint density at radius 1 is 0.854 bits per heavy atom. The number of benzene rings is 1. The van der Waals surface area contributed by atoms with E-state index in [1.165, 1.54) is 0 Å². The molecule has 0 aliphatic heterocycles. The summed E-state index contributed by atoms with van der Waals surface area (Å²) < 4.78 is 5.17. The molecule has 1 aromatic rings. The van der Waals surface area contributed by atoms with Gasteiger partial charge in [-0.05, 0) is 63.5 Å². The number of nitrogens with one attached hydrogen (secondary N) is 5. The van der Waals surface area contributed by atoms with Gasteiger partial charge >= 0.3 is 18.1 Å². The van der Waals surface area contributed by atoms with Gasteiger partial charge in [0.05, 0.1) is 0 Å². The molecular weight excluding hydrogens is 532 g/mol. The van der Waals surface area contributed by atoms with Crippen LogP contribution in [0.5, 0.6) is 0 Å². The number of likely N-dealkylation sites (N-methyl/N-ethyl adjacent to an activating group) is 1. The van der Waals surface area contributed by atoms with Crippen LogP contribution in [0.15, 0.2) is 30.3 Å². The Kier molecular flexibility index (Phi) is 17.2. The molecule has 1 unspecified atom stereocenters. The average Bonchev–Trinajstić information content (AvgIpc) is 2.93. The molecule has 41 heavy (non-hydrogen) atoms. The Bertz CT molecular complexity index is 961. The predicted octanol–water partition coefficient (Wildman–Crippen LogP) is 1.61. The van der Waals surface area contributed by atoms with Gasteiger partial charge in [0.15, 0.2) is 0 Å². The molecule has 0 aromatic heterocycles. The summed E-state index contributed by atoms with van der Waals surface area (Å²) in [6.07, 6.45) is 1.85. The summed E-state index contributed by atoms with van der Waals surface area (Å²) in [5, 5.41) is 22.5. The Hall–Kier alpha value is -3.87. The van der Waals surface area contributed by atoms with Crippen molar-refractivity contribution in [2.75, 3.05) is 19.6 Å². The van der Waals surface area contributed by atoms with E-state index in [4.69, 9.17) is 10.5 Å². The van der Waals surface area contributed by atoms with Crippen molar-refractivity contribution < 1.29 is 33.8 Å². The molecule has 13 heteroatoms. The number of carbonyl (C=O) groups is 5. The lowest BCUT2D eigenvalue weighted by Gasteiger charge is -2.26. The number of alkyl carbamates (subject to hydrolysis) is 1. The maximum absolute atomic E-state index is 13.2. The SMILES string of the molecule is CCNC(=O)C(NC(=O)[C@@H](CCCCNC(=O)OCc1ccccc1)NC(=O)N[C@@H](CCCCN)C(=O)O)C(C)C. The molecule has 0 heterocycles. The number of carboxylic acids is 1. The lowest BCUT2D eigenvalue weighted by atomic mass is 10.0. The van der Waals surface area contributed by atoms with Crippen molar-refractivity contribution >= 4 is 29.9 Å². The van der Waals surface area contributed by atoms with Crippen LogP contribution in [-0.2, 0) is 25.7 Å². The van der Waals surface area contributed by atoms with Crippen LogP contribution in [-0.4, -0.2) is 72.8 Å². The maximum Gasteiger partial charge on any atom is 0.407 e. The molecular formula is C28H46N6O7. The predicted molar refractivity (Wildman–Crippen MR) is 154 cm³/mol. The lowest BCUT2D eigenvalue weighted by Crippen LogP contribution is -2.57. The monoisotopic (exact) mass is 578 g/mol. The first kappa shape index (κ1) is 35.2. The van der Waals surface area contributed by atoms with Crippen molar-refractivity contribution in [3.63, 3.8) is 0 Å². The summed E-state index contributed by atoms with van der Waals surface area (Å²) in [4.78, 5) is 61.9. The molecule has 0 bridgehead atoms. The zero-order valence-electron chi connectivity index (χ0n) is 24.2. The van der Waals surface area contributed by atoms with Crippen molar-refractivity contribution in [3.05, 3.63) is 35.9 Å². The highest BCUT2D eigenvalue weighted by molar-refractivity contribution is 5.92. The zero-order chi connectivity index (χ0) is 30.6. The highest BCUT2D eigenvalue weighted by Crippen LogP contribution is 2.07. The standard InChI is InChI=1S/C28H46N6O7/c1-4-30-25(36)23(19(2)3)34-24(35)21(32-27(39)33-22(26(37)38)15-8-10-16-29)14-9-11-17-31-28(40)41-18-20-12-6-5-7-13-20/h5-7,12-13,19,21-23H,4,8-11,14-18,29H2,1-3H3,(H,30,36)(H,31,40)(H,34,35)(H,37,38)(H2,32,33,39)/t21-,22+,23?/m1/s1. The molecule has 0 radical (unpaired) electrons. The Morgan fingerprint density at radius 3 is 2.10 bits per heavy atom. The first-order chi connectivity index (χ1) is 19.6. The molecule has 8 N–H and O–H groups in total. The number of hydrogen-bond acceptors (Lipinski definition) is 7. The Morgan fingerprint density at radius 2 is 1.49 bits per heavy atom. The van der Waals surface area contributed by atoms with Crippen molar-refractivity contribution in [1.82, 2.24) is 26.6 Å². The number of carbonyl (C=O) groups excluding carboxylic acids is 4. The van der Waals surface area contributed by atoms with E-state index in [1.807, 2.05) is 30.3 Å². The molecule has 230 valence electrons. The minimum absolute atomic E-state index is 0.139. The number of urea groups is 1. The van der Waals surface area contributed by atoms with Crippen molar-refractivity contribution in [2.45, 2.75) is 84.0 Å². The quantitative estimate of drug-likeness (QED) is 0.120. The van der Waals surface area contributed by atoms with Gasteiger partial charge in [0.1, 0.15) is 24.7 Å². The van der Waals surface area contributed by atoms with Crippen molar-refractivity contribution in [3.8, 4) is 0 Å². The molecule has 5 amide bonds. The van der Waals surface area contributed by atoms with Crippen molar-refractivity contribution in [1.29, 1.82) is 0 Å². The number of nitrogens with two attached hydrogens (primary N) is 1. The van der Waals surface area contributed by atoms with E-state index in [2.05, 4.69) is 26.6 Å². The highest BCUT2D eigenvalue weighted by atomic mass is 16.5. The summed E-state index contributed by atoms with van der Waals surface area (Å²) in [5.74, 6) is -2.33. The second-order valence-electron chi connectivity index (χ2n) is 9.95. The number of amides is 5. The maximum atomic E-state index is 13.2. The summed E-state index contributed by atoms with van der Waals surface area (Å²) in [5.41, 5.74) is 6.32. The van der Waals surface area contributed by atoms with E-state index < -0.39 is 42.1 Å². The third-order valence-corrected chi connectivity index (χ3v) is 6.17. The number of carboxylic acid groups (broad SMARTS) is 1. The van der Waals surface area contributed by atoms with E-state index in [1.54, 1.807) is 20.8 Å². The molecule has 0 saturated carbocycles. The van der Waals surface area contributed by atoms with E-state index >= 15 is 0 Å². The molecule has 0 aliphatic rings. The summed E-state index contributed by atoms with van der Waals surface area (Å²) in [6, 6.07) is 5.43. The van der Waals surface area contributed by atoms with Crippen LogP contribution >= 0.6 is 0 Å². The van der Waals surface area contributed by atoms with Gasteiger partial charge in [-0.25, -0.2) is 14.4 Å². The molecule has 0 aliphatic carbocycles. The molecule has 0 saturated heterocycles. The molecule has 0 spiro atoms. The number of ether oxygens (including phenoxy) is 1. The molecule has 13 nitrogen and oxygen atoms in total. The van der Waals surface area contributed by atoms with Gasteiger partial charge in [-0.15, -0.1) is 0 Å². The molecule has 1 rings (SSSR count). The fraction of sp³-hybridized carbons (Fsp3) is 0.607. The average molecular weight is 579 g/mol. The summed E-state index contributed by atoms with van der Waals surface area (Å²) in [6.45, 7) is 6.56. The second kappa shape index (κ2) is 20.1. The molecule has 0 fully saturated rings. The van der Waals surface area contributed by atoms with E-state index in [-0.39, 0.29) is 37.8 Å². The zero-order valence-corrected chi connectivity index (χ0v) is 24.2. The van der Waals surface area contributed by atoms with Gasteiger partial charge in [-0.1, -0.05) is 44.2 Å². The number of rotatable bonds is 19. The fourth-order valence-corrected chi connectivity index (χ4v) is 3.89. The van der Waals surface area contributed by atoms with Gasteiger partial charge < -0.3 is 42.2 Å². The smallest absolute Gasteiger partial charge is 0.407 e. The molecule has 3 atom stereocenters. The first-order valence-electron chi connectivity index (χ1n) is 14.1. The van der Waals surface area contributed by atoms with E-state index in [0.29, 0.717) is 38.8 Å². The number of unbranched alkanes of at least 4 members (excludes halogenated alkanes) is 2. The van der Waals surface area contributed by atoms with Crippen LogP contribution in [0.25, 0.3) is 0 Å². The first-order valence-corrected chi connectivity index (χ1v) is 14.1. The van der Waals surface area contributed by atoms with E-state index in [9.17, 15) is 29.1 Å².